The second-order valence-electron chi connectivity index (χ2n) is 4.76. The van der Waals surface area contributed by atoms with E-state index >= 15 is 0 Å². The van der Waals surface area contributed by atoms with E-state index in [1.165, 1.54) is 6.07 Å². The standard InChI is InChI=1S/C16H15F2N3S/c1-10-3-6-13(7-4-10)19-16(22)21-20-11(2)12-5-8-14(17)15(18)9-12/h3-9H,1-2H3,(H2,19,21,22)/b20-11-. The number of halogens is 2. The molecule has 0 saturated carbocycles. The van der Waals surface area contributed by atoms with Gasteiger partial charge in [0.25, 0.3) is 0 Å². The minimum absolute atomic E-state index is 0.311. The van der Waals surface area contributed by atoms with Crippen LogP contribution in [0.4, 0.5) is 14.5 Å². The van der Waals surface area contributed by atoms with Gasteiger partial charge in [-0.1, -0.05) is 17.7 Å². The van der Waals surface area contributed by atoms with Crippen LogP contribution in [0, 0.1) is 18.6 Å². The molecule has 6 heteroatoms. The Morgan fingerprint density at radius 3 is 2.36 bits per heavy atom. The Hall–Kier alpha value is -2.34. The van der Waals surface area contributed by atoms with Crippen LogP contribution in [0.3, 0.4) is 0 Å². The van der Waals surface area contributed by atoms with Gasteiger partial charge in [0.15, 0.2) is 16.7 Å². The molecule has 2 rings (SSSR count). The fourth-order valence-electron chi connectivity index (χ4n) is 1.72. The number of aryl methyl sites for hydroxylation is 1. The molecule has 0 aliphatic carbocycles. The van der Waals surface area contributed by atoms with Crippen LogP contribution in [0.2, 0.25) is 0 Å². The first-order chi connectivity index (χ1) is 10.5. The van der Waals surface area contributed by atoms with E-state index in [2.05, 4.69) is 15.8 Å². The maximum Gasteiger partial charge on any atom is 0.191 e. The summed E-state index contributed by atoms with van der Waals surface area (Å²) in [5, 5.41) is 7.34. The Bertz CT molecular complexity index is 712. The minimum atomic E-state index is -0.910. The molecular weight excluding hydrogens is 304 g/mol. The van der Waals surface area contributed by atoms with Crippen molar-refractivity contribution in [3.63, 3.8) is 0 Å². The largest absolute Gasteiger partial charge is 0.331 e. The van der Waals surface area contributed by atoms with Crippen LogP contribution >= 0.6 is 12.2 Å². The average molecular weight is 319 g/mol. The number of nitrogens with one attached hydrogen (secondary N) is 2. The van der Waals surface area contributed by atoms with Crippen LogP contribution in [-0.4, -0.2) is 10.8 Å². The molecule has 0 aliphatic rings. The summed E-state index contributed by atoms with van der Waals surface area (Å²) in [6, 6.07) is 11.3. The molecule has 0 aromatic heterocycles. The zero-order valence-corrected chi connectivity index (χ0v) is 13.0. The van der Waals surface area contributed by atoms with E-state index < -0.39 is 11.6 Å². The number of hydrogen-bond donors (Lipinski definition) is 2. The maximum absolute atomic E-state index is 13.2. The molecule has 0 saturated heterocycles. The van der Waals surface area contributed by atoms with E-state index in [4.69, 9.17) is 12.2 Å². The van der Waals surface area contributed by atoms with Gasteiger partial charge < -0.3 is 5.32 Å². The first-order valence-corrected chi connectivity index (χ1v) is 7.00. The minimum Gasteiger partial charge on any atom is -0.331 e. The highest BCUT2D eigenvalue weighted by Gasteiger charge is 2.05. The predicted octanol–water partition coefficient (Wildman–Crippen LogP) is 3.98. The molecule has 0 radical (unpaired) electrons. The monoisotopic (exact) mass is 319 g/mol. The average Bonchev–Trinajstić information content (AvgIpc) is 2.50. The summed E-state index contributed by atoms with van der Waals surface area (Å²) in [5.74, 6) is -1.80. The highest BCUT2D eigenvalue weighted by Crippen LogP contribution is 2.10. The van der Waals surface area contributed by atoms with E-state index in [0.29, 0.717) is 16.4 Å². The molecule has 2 N–H and O–H groups in total. The van der Waals surface area contributed by atoms with Crippen molar-refractivity contribution in [2.75, 3.05) is 5.32 Å². The summed E-state index contributed by atoms with van der Waals surface area (Å²) in [6.07, 6.45) is 0. The molecule has 0 aliphatic heterocycles. The van der Waals surface area contributed by atoms with Crippen LogP contribution in [0.5, 0.6) is 0 Å². The fraction of sp³-hybridized carbons (Fsp3) is 0.125. The van der Waals surface area contributed by atoms with Gasteiger partial charge in [-0.15, -0.1) is 0 Å². The highest BCUT2D eigenvalue weighted by atomic mass is 32.1. The van der Waals surface area contributed by atoms with Crippen molar-refractivity contribution in [1.29, 1.82) is 0 Å². The molecule has 22 heavy (non-hydrogen) atoms. The van der Waals surface area contributed by atoms with Gasteiger partial charge >= 0.3 is 0 Å². The second-order valence-corrected chi connectivity index (χ2v) is 5.17. The Balaban J connectivity index is 1.99. The van der Waals surface area contributed by atoms with Gasteiger partial charge in [-0.2, -0.15) is 5.10 Å². The van der Waals surface area contributed by atoms with Crippen LogP contribution in [0.25, 0.3) is 0 Å². The molecule has 0 heterocycles. The Kier molecular flexibility index (Phi) is 5.16. The van der Waals surface area contributed by atoms with Crippen molar-refractivity contribution in [2.45, 2.75) is 13.8 Å². The zero-order chi connectivity index (χ0) is 16.1. The lowest BCUT2D eigenvalue weighted by atomic mass is 10.1. The highest BCUT2D eigenvalue weighted by molar-refractivity contribution is 7.80. The van der Waals surface area contributed by atoms with Crippen molar-refractivity contribution in [2.24, 2.45) is 5.10 Å². The molecule has 114 valence electrons. The van der Waals surface area contributed by atoms with Crippen LogP contribution in [0.15, 0.2) is 47.6 Å². The quantitative estimate of drug-likeness (QED) is 0.510. The van der Waals surface area contributed by atoms with Gasteiger partial charge in [-0.05, 0) is 56.4 Å². The summed E-state index contributed by atoms with van der Waals surface area (Å²) in [7, 11) is 0. The Morgan fingerprint density at radius 1 is 1.05 bits per heavy atom. The van der Waals surface area contributed by atoms with Gasteiger partial charge in [-0.3, -0.25) is 5.43 Å². The van der Waals surface area contributed by atoms with E-state index in [0.717, 1.165) is 23.4 Å². The van der Waals surface area contributed by atoms with Crippen molar-refractivity contribution in [3.8, 4) is 0 Å². The van der Waals surface area contributed by atoms with Crippen molar-refractivity contribution < 1.29 is 8.78 Å². The van der Waals surface area contributed by atoms with E-state index in [1.807, 2.05) is 31.2 Å². The van der Waals surface area contributed by atoms with Gasteiger partial charge in [0.05, 0.1) is 5.71 Å². The summed E-state index contributed by atoms with van der Waals surface area (Å²) in [4.78, 5) is 0. The third-order valence-electron chi connectivity index (χ3n) is 2.97. The molecule has 0 bridgehead atoms. The molecule has 0 spiro atoms. The number of nitrogens with zero attached hydrogens (tertiary/aromatic N) is 1. The maximum atomic E-state index is 13.2. The number of hydrogen-bond acceptors (Lipinski definition) is 2. The third kappa shape index (κ3) is 4.33. The second kappa shape index (κ2) is 7.09. The fourth-order valence-corrected chi connectivity index (χ4v) is 1.88. The van der Waals surface area contributed by atoms with Gasteiger partial charge in [0.1, 0.15) is 0 Å². The van der Waals surface area contributed by atoms with Gasteiger partial charge in [0, 0.05) is 11.3 Å². The Morgan fingerprint density at radius 2 is 1.73 bits per heavy atom. The third-order valence-corrected chi connectivity index (χ3v) is 3.17. The smallest absolute Gasteiger partial charge is 0.191 e. The normalized spacial score (nSPS) is 11.2. The van der Waals surface area contributed by atoms with E-state index in [1.54, 1.807) is 6.92 Å². The first-order valence-electron chi connectivity index (χ1n) is 6.59. The molecular formula is C16H15F2N3S. The first kappa shape index (κ1) is 16.0. The number of anilines is 1. The summed E-state index contributed by atoms with van der Waals surface area (Å²) < 4.78 is 26.1. The molecule has 0 unspecified atom stereocenters. The van der Waals surface area contributed by atoms with Crippen molar-refractivity contribution in [1.82, 2.24) is 5.43 Å². The van der Waals surface area contributed by atoms with Crippen LogP contribution in [-0.2, 0) is 0 Å². The lowest BCUT2D eigenvalue weighted by Gasteiger charge is -2.08. The lowest BCUT2D eigenvalue weighted by Crippen LogP contribution is -2.25. The molecule has 0 atom stereocenters. The van der Waals surface area contributed by atoms with Crippen molar-refractivity contribution >= 4 is 28.7 Å². The van der Waals surface area contributed by atoms with E-state index in [-0.39, 0.29) is 0 Å². The number of benzene rings is 2. The number of hydrazone groups is 1. The number of thiocarbonyl (C=S) groups is 1. The zero-order valence-electron chi connectivity index (χ0n) is 12.2. The predicted molar refractivity (Wildman–Crippen MR) is 89.1 cm³/mol. The topological polar surface area (TPSA) is 36.4 Å². The molecule has 2 aromatic carbocycles. The number of rotatable bonds is 3. The molecule has 0 fully saturated rings. The Labute approximate surface area is 133 Å². The molecule has 3 nitrogen and oxygen atoms in total. The summed E-state index contributed by atoms with van der Waals surface area (Å²) in [5.41, 5.74) is 5.63. The van der Waals surface area contributed by atoms with E-state index in [9.17, 15) is 8.78 Å². The summed E-state index contributed by atoms with van der Waals surface area (Å²) >= 11 is 5.12. The lowest BCUT2D eigenvalue weighted by molar-refractivity contribution is 0.508. The van der Waals surface area contributed by atoms with Gasteiger partial charge in [-0.25, -0.2) is 8.78 Å². The van der Waals surface area contributed by atoms with Crippen molar-refractivity contribution in [3.05, 3.63) is 65.2 Å². The SMILES string of the molecule is C/C(=N/NC(=S)Nc1ccc(C)cc1)c1ccc(F)c(F)c1. The molecule has 2 aromatic rings. The van der Waals surface area contributed by atoms with Crippen LogP contribution in [0.1, 0.15) is 18.1 Å². The van der Waals surface area contributed by atoms with Gasteiger partial charge in [0.2, 0.25) is 0 Å². The van der Waals surface area contributed by atoms with Crippen LogP contribution < -0.4 is 10.7 Å². The summed E-state index contributed by atoms with van der Waals surface area (Å²) in [6.45, 7) is 3.67. The molecule has 0 amide bonds.